The van der Waals surface area contributed by atoms with E-state index >= 15 is 0 Å². The monoisotopic (exact) mass is 269 g/mol. The molecule has 5 heteroatoms. The molecule has 1 rings (SSSR count). The number of carbonyl (C=O) groups excluding carboxylic acids is 1. The van der Waals surface area contributed by atoms with Crippen LogP contribution in [0.4, 0.5) is 0 Å². The average molecular weight is 269 g/mol. The quantitative estimate of drug-likeness (QED) is 0.767. The Morgan fingerprint density at radius 2 is 2.11 bits per heavy atom. The number of nitrogens with one attached hydrogen (secondary N) is 1. The molecule has 4 nitrogen and oxygen atoms in total. The Balaban J connectivity index is 2.19. The summed E-state index contributed by atoms with van der Waals surface area (Å²) in [6, 6.07) is 0. The summed E-state index contributed by atoms with van der Waals surface area (Å²) in [5.74, 6) is 0.138. The molecule has 1 amide bonds. The fourth-order valence-electron chi connectivity index (χ4n) is 1.74. The highest BCUT2D eigenvalue weighted by Crippen LogP contribution is 2.18. The largest absolute Gasteiger partial charge is 0.356 e. The van der Waals surface area contributed by atoms with Gasteiger partial charge in [0, 0.05) is 17.8 Å². The summed E-state index contributed by atoms with van der Waals surface area (Å²) in [5.41, 5.74) is 1.07. The number of rotatable bonds is 7. The number of hydrogen-bond donors (Lipinski definition) is 1. The van der Waals surface area contributed by atoms with Gasteiger partial charge >= 0.3 is 0 Å². The van der Waals surface area contributed by atoms with E-state index < -0.39 is 0 Å². The van der Waals surface area contributed by atoms with Crippen molar-refractivity contribution in [3.8, 4) is 0 Å². The molecule has 0 aliphatic carbocycles. The van der Waals surface area contributed by atoms with E-state index in [4.69, 9.17) is 0 Å². The predicted octanol–water partition coefficient (Wildman–Crippen LogP) is 1.76. The maximum atomic E-state index is 11.6. The molecule has 0 radical (unpaired) electrons. The third kappa shape index (κ3) is 5.60. The molecule has 18 heavy (non-hydrogen) atoms. The molecule has 0 saturated carbocycles. The van der Waals surface area contributed by atoms with Crippen molar-refractivity contribution in [2.24, 2.45) is 0 Å². The van der Waals surface area contributed by atoms with Crippen LogP contribution in [0, 0.1) is 13.8 Å². The van der Waals surface area contributed by atoms with E-state index in [1.165, 1.54) is 4.88 Å². The van der Waals surface area contributed by atoms with Crippen molar-refractivity contribution < 1.29 is 4.79 Å². The molecule has 0 aliphatic heterocycles. The van der Waals surface area contributed by atoms with Gasteiger partial charge < -0.3 is 10.2 Å². The number of carbonyl (C=O) groups is 1. The Morgan fingerprint density at radius 1 is 1.39 bits per heavy atom. The minimum Gasteiger partial charge on any atom is -0.356 e. The van der Waals surface area contributed by atoms with E-state index in [0.29, 0.717) is 6.42 Å². The van der Waals surface area contributed by atoms with Gasteiger partial charge in [-0.1, -0.05) is 0 Å². The zero-order valence-corrected chi connectivity index (χ0v) is 12.6. The van der Waals surface area contributed by atoms with Crippen LogP contribution in [0.1, 0.15) is 28.4 Å². The molecule has 0 spiro atoms. The highest BCUT2D eigenvalue weighted by atomic mass is 32.1. The molecule has 0 aliphatic rings. The molecule has 1 aromatic rings. The van der Waals surface area contributed by atoms with E-state index in [1.54, 1.807) is 11.3 Å². The molecule has 0 bridgehead atoms. The summed E-state index contributed by atoms with van der Waals surface area (Å²) < 4.78 is 0. The van der Waals surface area contributed by atoms with E-state index in [2.05, 4.69) is 15.2 Å². The second kappa shape index (κ2) is 7.48. The lowest BCUT2D eigenvalue weighted by Gasteiger charge is -2.09. The number of aromatic nitrogens is 1. The van der Waals surface area contributed by atoms with Gasteiger partial charge in [0.15, 0.2) is 0 Å². The summed E-state index contributed by atoms with van der Waals surface area (Å²) in [7, 11) is 4.08. The Kier molecular flexibility index (Phi) is 6.29. The standard InChI is InChI=1S/C13H23N3OS/c1-10-12(18-11(2)15-10)6-7-13(17)14-8-5-9-16(3)4/h5-9H2,1-4H3,(H,14,17). The summed E-state index contributed by atoms with van der Waals surface area (Å²) >= 11 is 1.69. The Labute approximate surface area is 113 Å². The van der Waals surface area contributed by atoms with Crippen LogP contribution < -0.4 is 5.32 Å². The Hall–Kier alpha value is -0.940. The van der Waals surface area contributed by atoms with Crippen molar-refractivity contribution in [1.82, 2.24) is 15.2 Å². The SMILES string of the molecule is Cc1nc(C)c(CCC(=O)NCCCN(C)C)s1. The Bertz CT molecular complexity index is 388. The first-order chi connectivity index (χ1) is 8.49. The molecule has 102 valence electrons. The van der Waals surface area contributed by atoms with Crippen LogP contribution >= 0.6 is 11.3 Å². The normalized spacial score (nSPS) is 10.9. The smallest absolute Gasteiger partial charge is 0.220 e. The Morgan fingerprint density at radius 3 is 2.67 bits per heavy atom. The number of amides is 1. The average Bonchev–Trinajstić information content (AvgIpc) is 2.60. The zero-order chi connectivity index (χ0) is 13.5. The van der Waals surface area contributed by atoms with Crippen LogP contribution in [0.15, 0.2) is 0 Å². The fourth-order valence-corrected chi connectivity index (χ4v) is 2.68. The minimum atomic E-state index is 0.138. The van der Waals surface area contributed by atoms with Crippen molar-refractivity contribution in [2.45, 2.75) is 33.1 Å². The third-order valence-corrected chi connectivity index (χ3v) is 3.82. The molecule has 1 N–H and O–H groups in total. The minimum absolute atomic E-state index is 0.138. The molecular formula is C13H23N3OS. The van der Waals surface area contributed by atoms with Gasteiger partial charge in [-0.05, 0) is 47.3 Å². The summed E-state index contributed by atoms with van der Waals surface area (Å²) in [6.07, 6.45) is 2.36. The maximum Gasteiger partial charge on any atom is 0.220 e. The van der Waals surface area contributed by atoms with Crippen LogP contribution in [0.3, 0.4) is 0 Å². The van der Waals surface area contributed by atoms with Crippen molar-refractivity contribution in [1.29, 1.82) is 0 Å². The van der Waals surface area contributed by atoms with E-state index in [0.717, 1.165) is 36.6 Å². The zero-order valence-electron chi connectivity index (χ0n) is 11.7. The highest BCUT2D eigenvalue weighted by Gasteiger charge is 2.07. The summed E-state index contributed by atoms with van der Waals surface area (Å²) in [5, 5.41) is 4.03. The van der Waals surface area contributed by atoms with Crippen LogP contribution in [-0.2, 0) is 11.2 Å². The second-order valence-electron chi connectivity index (χ2n) is 4.75. The molecule has 0 fully saturated rings. The van der Waals surface area contributed by atoms with Gasteiger partial charge in [-0.25, -0.2) is 4.98 Å². The van der Waals surface area contributed by atoms with Gasteiger partial charge in [0.05, 0.1) is 10.7 Å². The number of thiazole rings is 1. The second-order valence-corrected chi connectivity index (χ2v) is 6.04. The van der Waals surface area contributed by atoms with E-state index in [9.17, 15) is 4.79 Å². The van der Waals surface area contributed by atoms with Crippen LogP contribution in [-0.4, -0.2) is 43.0 Å². The predicted molar refractivity (Wildman–Crippen MR) is 76.1 cm³/mol. The van der Waals surface area contributed by atoms with Gasteiger partial charge in [0.25, 0.3) is 0 Å². The maximum absolute atomic E-state index is 11.6. The fraction of sp³-hybridized carbons (Fsp3) is 0.692. The van der Waals surface area contributed by atoms with Gasteiger partial charge in [-0.3, -0.25) is 4.79 Å². The van der Waals surface area contributed by atoms with Crippen molar-refractivity contribution in [3.63, 3.8) is 0 Å². The molecule has 1 aromatic heterocycles. The molecule has 0 unspecified atom stereocenters. The summed E-state index contributed by atoms with van der Waals surface area (Å²) in [4.78, 5) is 19.4. The number of nitrogens with zero attached hydrogens (tertiary/aromatic N) is 2. The first kappa shape index (κ1) is 15.1. The number of aryl methyl sites for hydroxylation is 3. The van der Waals surface area contributed by atoms with Crippen molar-refractivity contribution >= 4 is 17.2 Å². The van der Waals surface area contributed by atoms with Gasteiger partial charge in [-0.15, -0.1) is 11.3 Å². The first-order valence-electron chi connectivity index (χ1n) is 6.33. The lowest BCUT2D eigenvalue weighted by molar-refractivity contribution is -0.121. The lowest BCUT2D eigenvalue weighted by atomic mass is 10.2. The van der Waals surface area contributed by atoms with Crippen molar-refractivity contribution in [2.75, 3.05) is 27.2 Å². The van der Waals surface area contributed by atoms with Gasteiger partial charge in [0.1, 0.15) is 0 Å². The third-order valence-electron chi connectivity index (χ3n) is 2.68. The van der Waals surface area contributed by atoms with Crippen LogP contribution in [0.5, 0.6) is 0 Å². The van der Waals surface area contributed by atoms with E-state index in [1.807, 2.05) is 27.9 Å². The summed E-state index contributed by atoms with van der Waals surface area (Å²) in [6.45, 7) is 5.78. The molecule has 0 saturated heterocycles. The van der Waals surface area contributed by atoms with Gasteiger partial charge in [0.2, 0.25) is 5.91 Å². The first-order valence-corrected chi connectivity index (χ1v) is 7.15. The molecular weight excluding hydrogens is 246 g/mol. The van der Waals surface area contributed by atoms with Crippen molar-refractivity contribution in [3.05, 3.63) is 15.6 Å². The van der Waals surface area contributed by atoms with E-state index in [-0.39, 0.29) is 5.91 Å². The van der Waals surface area contributed by atoms with Gasteiger partial charge in [-0.2, -0.15) is 0 Å². The topological polar surface area (TPSA) is 45.2 Å². The van der Waals surface area contributed by atoms with Crippen LogP contribution in [0.25, 0.3) is 0 Å². The lowest BCUT2D eigenvalue weighted by Crippen LogP contribution is -2.27. The highest BCUT2D eigenvalue weighted by molar-refractivity contribution is 7.11. The molecule has 1 heterocycles. The molecule has 0 aromatic carbocycles. The van der Waals surface area contributed by atoms with Crippen LogP contribution in [0.2, 0.25) is 0 Å². The molecule has 0 atom stereocenters. The number of hydrogen-bond acceptors (Lipinski definition) is 4.